The van der Waals surface area contributed by atoms with E-state index in [0.717, 1.165) is 58.5 Å². The molecule has 39 heavy (non-hydrogen) atoms. The summed E-state index contributed by atoms with van der Waals surface area (Å²) in [5.41, 5.74) is 4.95. The second-order valence-corrected chi connectivity index (χ2v) is 9.06. The highest BCUT2D eigenvalue weighted by Gasteiger charge is 2.14. The first-order chi connectivity index (χ1) is 19.1. The van der Waals surface area contributed by atoms with Crippen LogP contribution in [-0.4, -0.2) is 67.8 Å². The minimum absolute atomic E-state index is 0.0442. The summed E-state index contributed by atoms with van der Waals surface area (Å²) in [7, 11) is 3.29. The molecule has 200 valence electrons. The molecule has 0 saturated carbocycles. The summed E-state index contributed by atoms with van der Waals surface area (Å²) < 4.78 is 16.0. The number of amides is 1. The van der Waals surface area contributed by atoms with Crippen molar-refractivity contribution in [2.75, 3.05) is 57.7 Å². The van der Waals surface area contributed by atoms with Gasteiger partial charge in [-0.15, -0.1) is 0 Å². The predicted molar refractivity (Wildman–Crippen MR) is 152 cm³/mol. The van der Waals surface area contributed by atoms with E-state index in [-0.39, 0.29) is 5.91 Å². The van der Waals surface area contributed by atoms with E-state index in [9.17, 15) is 4.79 Å². The van der Waals surface area contributed by atoms with Gasteiger partial charge in [0.1, 0.15) is 11.5 Å². The largest absolute Gasteiger partial charge is 0.497 e. The summed E-state index contributed by atoms with van der Waals surface area (Å²) in [6, 6.07) is 25.0. The van der Waals surface area contributed by atoms with Gasteiger partial charge in [0, 0.05) is 35.6 Å². The summed E-state index contributed by atoms with van der Waals surface area (Å²) in [4.78, 5) is 24.1. The maximum Gasteiger partial charge on any atom is 0.238 e. The smallest absolute Gasteiger partial charge is 0.238 e. The van der Waals surface area contributed by atoms with Gasteiger partial charge in [-0.25, -0.2) is 9.97 Å². The summed E-state index contributed by atoms with van der Waals surface area (Å²) in [5, 5.41) is 6.27. The van der Waals surface area contributed by atoms with E-state index < -0.39 is 0 Å². The Morgan fingerprint density at radius 1 is 0.795 bits per heavy atom. The maximum atomic E-state index is 12.4. The standard InChI is InChI=1S/C30H31N5O4/c1-37-25-11-3-21(4-12-25)27-19-28(22-5-13-26(38-2)14-6-22)34-30(33-27)32-24-9-7-23(8-10-24)31-29(36)20-35-15-17-39-18-16-35/h3-14,19H,15-18,20H2,1-2H3,(H,31,36)(H,32,33,34). The fraction of sp³-hybridized carbons (Fsp3) is 0.233. The molecular formula is C30H31N5O4. The zero-order chi connectivity index (χ0) is 27.0. The summed E-state index contributed by atoms with van der Waals surface area (Å²) in [6.07, 6.45) is 0. The highest BCUT2D eigenvalue weighted by atomic mass is 16.5. The van der Waals surface area contributed by atoms with Crippen LogP contribution in [0.1, 0.15) is 0 Å². The van der Waals surface area contributed by atoms with Crippen LogP contribution < -0.4 is 20.1 Å². The lowest BCUT2D eigenvalue weighted by Crippen LogP contribution is -2.41. The molecule has 0 radical (unpaired) electrons. The Bertz CT molecular complexity index is 1320. The van der Waals surface area contributed by atoms with E-state index in [0.29, 0.717) is 25.7 Å². The molecule has 3 aromatic carbocycles. The molecule has 2 N–H and O–H groups in total. The van der Waals surface area contributed by atoms with Crippen molar-refractivity contribution in [2.45, 2.75) is 0 Å². The number of hydrogen-bond acceptors (Lipinski definition) is 8. The van der Waals surface area contributed by atoms with E-state index in [1.165, 1.54) is 0 Å². The molecule has 0 unspecified atom stereocenters. The number of ether oxygens (including phenoxy) is 3. The first-order valence-corrected chi connectivity index (χ1v) is 12.7. The molecule has 9 heteroatoms. The van der Waals surface area contributed by atoms with Gasteiger partial charge >= 0.3 is 0 Å². The van der Waals surface area contributed by atoms with Crippen LogP contribution in [0.4, 0.5) is 17.3 Å². The number of rotatable bonds is 9. The van der Waals surface area contributed by atoms with Gasteiger partial charge in [0.25, 0.3) is 0 Å². The molecule has 2 heterocycles. The third-order valence-corrected chi connectivity index (χ3v) is 6.39. The Hall–Kier alpha value is -4.47. The molecule has 1 aliphatic rings. The molecule has 9 nitrogen and oxygen atoms in total. The second-order valence-electron chi connectivity index (χ2n) is 9.06. The van der Waals surface area contributed by atoms with Crippen LogP contribution in [0.25, 0.3) is 22.5 Å². The van der Waals surface area contributed by atoms with E-state index in [1.54, 1.807) is 14.2 Å². The topological polar surface area (TPSA) is 97.8 Å². The van der Waals surface area contributed by atoms with Gasteiger partial charge in [-0.2, -0.15) is 0 Å². The number of carbonyl (C=O) groups excluding carboxylic acids is 1. The molecular weight excluding hydrogens is 494 g/mol. The van der Waals surface area contributed by atoms with Gasteiger partial charge in [0.15, 0.2) is 0 Å². The lowest BCUT2D eigenvalue weighted by Gasteiger charge is -2.25. The van der Waals surface area contributed by atoms with Gasteiger partial charge < -0.3 is 24.8 Å². The average molecular weight is 526 g/mol. The molecule has 0 bridgehead atoms. The number of anilines is 3. The summed E-state index contributed by atoms with van der Waals surface area (Å²) >= 11 is 0. The van der Waals surface area contributed by atoms with Gasteiger partial charge in [-0.05, 0) is 78.9 Å². The normalized spacial score (nSPS) is 13.5. The van der Waals surface area contributed by atoms with Crippen molar-refractivity contribution in [3.8, 4) is 34.0 Å². The summed E-state index contributed by atoms with van der Waals surface area (Å²) in [5.74, 6) is 1.97. The third-order valence-electron chi connectivity index (χ3n) is 6.39. The molecule has 0 spiro atoms. The lowest BCUT2D eigenvalue weighted by atomic mass is 10.1. The highest BCUT2D eigenvalue weighted by molar-refractivity contribution is 5.92. The molecule has 1 fully saturated rings. The van der Waals surface area contributed by atoms with Gasteiger partial charge in [0.2, 0.25) is 11.9 Å². The number of hydrogen-bond donors (Lipinski definition) is 2. The number of carbonyl (C=O) groups is 1. The zero-order valence-electron chi connectivity index (χ0n) is 22.0. The van der Waals surface area contributed by atoms with Crippen LogP contribution in [0.2, 0.25) is 0 Å². The van der Waals surface area contributed by atoms with Crippen LogP contribution in [0.3, 0.4) is 0 Å². The fourth-order valence-corrected chi connectivity index (χ4v) is 4.25. The first-order valence-electron chi connectivity index (χ1n) is 12.7. The van der Waals surface area contributed by atoms with Gasteiger partial charge in [0.05, 0.1) is 45.4 Å². The van der Waals surface area contributed by atoms with Crippen molar-refractivity contribution in [2.24, 2.45) is 0 Å². The molecule has 5 rings (SSSR count). The molecule has 1 aromatic heterocycles. The van der Waals surface area contributed by atoms with Crippen LogP contribution in [0, 0.1) is 0 Å². The van der Waals surface area contributed by atoms with Crippen molar-refractivity contribution in [1.29, 1.82) is 0 Å². The SMILES string of the molecule is COc1ccc(-c2cc(-c3ccc(OC)cc3)nc(Nc3ccc(NC(=O)CN4CCOCC4)cc3)n2)cc1. The van der Waals surface area contributed by atoms with Gasteiger partial charge in [-0.1, -0.05) is 0 Å². The van der Waals surface area contributed by atoms with Crippen LogP contribution in [0.15, 0.2) is 78.9 Å². The lowest BCUT2D eigenvalue weighted by molar-refractivity contribution is -0.118. The van der Waals surface area contributed by atoms with Gasteiger partial charge in [-0.3, -0.25) is 9.69 Å². The number of nitrogens with one attached hydrogen (secondary N) is 2. The fourth-order valence-electron chi connectivity index (χ4n) is 4.25. The summed E-state index contributed by atoms with van der Waals surface area (Å²) in [6.45, 7) is 3.21. The van der Waals surface area contributed by atoms with E-state index in [4.69, 9.17) is 24.2 Å². The van der Waals surface area contributed by atoms with E-state index >= 15 is 0 Å². The Morgan fingerprint density at radius 2 is 1.31 bits per heavy atom. The van der Waals surface area contributed by atoms with Crippen molar-refractivity contribution in [3.63, 3.8) is 0 Å². The molecule has 0 aliphatic carbocycles. The second kappa shape index (κ2) is 12.4. The average Bonchev–Trinajstić information content (AvgIpc) is 2.98. The van der Waals surface area contributed by atoms with Crippen LogP contribution >= 0.6 is 0 Å². The van der Waals surface area contributed by atoms with Crippen LogP contribution in [0.5, 0.6) is 11.5 Å². The van der Waals surface area contributed by atoms with E-state index in [1.807, 2.05) is 78.9 Å². The molecule has 1 aliphatic heterocycles. The Morgan fingerprint density at radius 3 is 1.82 bits per heavy atom. The number of aromatic nitrogens is 2. The molecule has 0 atom stereocenters. The Kier molecular flexibility index (Phi) is 8.30. The Balaban J connectivity index is 1.35. The zero-order valence-corrected chi connectivity index (χ0v) is 22.0. The monoisotopic (exact) mass is 525 g/mol. The van der Waals surface area contributed by atoms with Crippen molar-refractivity contribution in [1.82, 2.24) is 14.9 Å². The van der Waals surface area contributed by atoms with Crippen LogP contribution in [-0.2, 0) is 9.53 Å². The molecule has 1 amide bonds. The maximum absolute atomic E-state index is 12.4. The number of morpholine rings is 1. The Labute approximate surface area is 227 Å². The quantitative estimate of drug-likeness (QED) is 0.320. The highest BCUT2D eigenvalue weighted by Crippen LogP contribution is 2.29. The number of methoxy groups -OCH3 is 2. The number of benzene rings is 3. The van der Waals surface area contributed by atoms with Crippen molar-refractivity contribution < 1.29 is 19.0 Å². The number of nitrogens with zero attached hydrogens (tertiary/aromatic N) is 3. The molecule has 1 saturated heterocycles. The predicted octanol–water partition coefficient (Wildman–Crippen LogP) is 4.84. The minimum atomic E-state index is -0.0442. The van der Waals surface area contributed by atoms with E-state index in [2.05, 4.69) is 15.5 Å². The first kappa shape index (κ1) is 26.1. The molecule has 4 aromatic rings. The minimum Gasteiger partial charge on any atom is -0.497 e. The van der Waals surface area contributed by atoms with Crippen molar-refractivity contribution >= 4 is 23.2 Å². The third kappa shape index (κ3) is 6.90. The van der Waals surface area contributed by atoms with Crippen molar-refractivity contribution in [3.05, 3.63) is 78.9 Å².